The Morgan fingerprint density at radius 3 is 2.75 bits per heavy atom. The van der Waals surface area contributed by atoms with Gasteiger partial charge in [0.05, 0.1) is 12.2 Å². The number of para-hydroxylation sites is 1. The quantitative estimate of drug-likeness (QED) is 0.657. The molecule has 1 aliphatic rings. The van der Waals surface area contributed by atoms with Crippen LogP contribution in [0.3, 0.4) is 0 Å². The molecule has 2 heterocycles. The van der Waals surface area contributed by atoms with Gasteiger partial charge in [-0.25, -0.2) is 9.59 Å². The van der Waals surface area contributed by atoms with Gasteiger partial charge >= 0.3 is 11.9 Å². The zero-order chi connectivity index (χ0) is 19.7. The maximum atomic E-state index is 12.5. The number of carbonyl (C=O) groups excluding carboxylic acids is 1. The molecule has 4 rings (SSSR count). The lowest BCUT2D eigenvalue weighted by molar-refractivity contribution is -0.139. The van der Waals surface area contributed by atoms with E-state index >= 15 is 0 Å². The summed E-state index contributed by atoms with van der Waals surface area (Å²) in [5, 5.41) is 10.6. The van der Waals surface area contributed by atoms with Crippen molar-refractivity contribution in [3.8, 4) is 11.5 Å². The number of carboxylic acids is 1. The van der Waals surface area contributed by atoms with Gasteiger partial charge in [0.1, 0.15) is 0 Å². The third-order valence-electron chi connectivity index (χ3n) is 4.62. The van der Waals surface area contributed by atoms with E-state index in [-0.39, 0.29) is 6.79 Å². The maximum Gasteiger partial charge on any atom is 0.340 e. The van der Waals surface area contributed by atoms with Crippen LogP contribution >= 0.6 is 0 Å². The van der Waals surface area contributed by atoms with E-state index in [1.807, 2.05) is 6.92 Å². The number of aromatic nitrogens is 1. The minimum atomic E-state index is -1.05. The zero-order valence-electron chi connectivity index (χ0n) is 15.3. The molecule has 0 saturated carbocycles. The van der Waals surface area contributed by atoms with Crippen LogP contribution in [0, 0.1) is 0 Å². The summed E-state index contributed by atoms with van der Waals surface area (Å²) >= 11 is 0. The molecular weight excluding hydrogens is 362 g/mol. The number of hydrogen-bond acceptors (Lipinski definition) is 5. The first-order chi connectivity index (χ1) is 13.6. The molecule has 0 amide bonds. The predicted octanol–water partition coefficient (Wildman–Crippen LogP) is 3.61. The van der Waals surface area contributed by atoms with Crippen molar-refractivity contribution in [1.29, 1.82) is 0 Å². The SMILES string of the molecule is CCCOC(=O)c1cn(C(C(=O)O)c2ccc3c(c2)OCO3)c2ccccc12. The Morgan fingerprint density at radius 1 is 1.18 bits per heavy atom. The first kappa shape index (κ1) is 17.9. The van der Waals surface area contributed by atoms with Gasteiger partial charge in [-0.1, -0.05) is 31.2 Å². The van der Waals surface area contributed by atoms with Crippen molar-refractivity contribution in [3.05, 3.63) is 59.8 Å². The summed E-state index contributed by atoms with van der Waals surface area (Å²) in [6.45, 7) is 2.33. The highest BCUT2D eigenvalue weighted by Crippen LogP contribution is 2.36. The normalized spacial score (nSPS) is 13.5. The van der Waals surface area contributed by atoms with Crippen molar-refractivity contribution in [1.82, 2.24) is 4.57 Å². The van der Waals surface area contributed by atoms with Gasteiger partial charge in [-0.2, -0.15) is 0 Å². The number of carbonyl (C=O) groups is 2. The molecule has 0 bridgehead atoms. The van der Waals surface area contributed by atoms with E-state index in [9.17, 15) is 14.7 Å². The fourth-order valence-corrected chi connectivity index (χ4v) is 3.36. The van der Waals surface area contributed by atoms with Crippen LogP contribution in [0.15, 0.2) is 48.7 Å². The van der Waals surface area contributed by atoms with Crippen LogP contribution in [0.4, 0.5) is 0 Å². The van der Waals surface area contributed by atoms with Gasteiger partial charge in [-0.15, -0.1) is 0 Å². The summed E-state index contributed by atoms with van der Waals surface area (Å²) in [7, 11) is 0. The van der Waals surface area contributed by atoms with Gasteiger partial charge in [0.25, 0.3) is 0 Å². The highest BCUT2D eigenvalue weighted by molar-refractivity contribution is 6.05. The second-order valence-corrected chi connectivity index (χ2v) is 6.46. The van der Waals surface area contributed by atoms with Gasteiger partial charge in [0.15, 0.2) is 17.5 Å². The van der Waals surface area contributed by atoms with E-state index < -0.39 is 18.0 Å². The number of fused-ring (bicyclic) bond motifs is 2. The van der Waals surface area contributed by atoms with Crippen LogP contribution in [0.2, 0.25) is 0 Å². The Hall–Kier alpha value is -3.48. The van der Waals surface area contributed by atoms with Crippen LogP contribution in [-0.2, 0) is 9.53 Å². The molecule has 3 aromatic rings. The number of benzene rings is 2. The molecular formula is C21H19NO6. The molecule has 0 fully saturated rings. The van der Waals surface area contributed by atoms with Gasteiger partial charge < -0.3 is 23.9 Å². The summed E-state index contributed by atoms with van der Waals surface area (Å²) < 4.78 is 17.5. The molecule has 0 spiro atoms. The molecule has 1 N–H and O–H groups in total. The summed E-state index contributed by atoms with van der Waals surface area (Å²) in [5.41, 5.74) is 1.50. The molecule has 1 atom stereocenters. The Kier molecular flexibility index (Phi) is 4.65. The highest BCUT2D eigenvalue weighted by atomic mass is 16.7. The molecule has 0 aliphatic carbocycles. The zero-order valence-corrected chi connectivity index (χ0v) is 15.3. The number of esters is 1. The third kappa shape index (κ3) is 3.05. The van der Waals surface area contributed by atoms with Crippen LogP contribution < -0.4 is 9.47 Å². The predicted molar refractivity (Wildman–Crippen MR) is 101 cm³/mol. The first-order valence-electron chi connectivity index (χ1n) is 8.99. The molecule has 1 unspecified atom stereocenters. The van der Waals surface area contributed by atoms with Crippen LogP contribution in [0.5, 0.6) is 11.5 Å². The third-order valence-corrected chi connectivity index (χ3v) is 4.62. The molecule has 0 radical (unpaired) electrons. The largest absolute Gasteiger partial charge is 0.479 e. The number of nitrogens with zero attached hydrogens (tertiary/aromatic N) is 1. The fraction of sp³-hybridized carbons (Fsp3) is 0.238. The smallest absolute Gasteiger partial charge is 0.340 e. The second-order valence-electron chi connectivity index (χ2n) is 6.46. The number of aliphatic carboxylic acids is 1. The number of carboxylic acid groups (broad SMARTS) is 1. The summed E-state index contributed by atoms with van der Waals surface area (Å²) in [4.78, 5) is 24.7. The standard InChI is InChI=1S/C21H19NO6/c1-2-9-26-21(25)15-11-22(16-6-4-3-5-14(15)16)19(20(23)24)13-7-8-17-18(10-13)28-12-27-17/h3-8,10-11,19H,2,9,12H2,1H3,(H,23,24). The molecule has 2 aromatic carbocycles. The maximum absolute atomic E-state index is 12.5. The monoisotopic (exact) mass is 381 g/mol. The van der Waals surface area contributed by atoms with Crippen LogP contribution in [-0.4, -0.2) is 35.0 Å². The minimum absolute atomic E-state index is 0.108. The van der Waals surface area contributed by atoms with Crippen LogP contribution in [0.25, 0.3) is 10.9 Å². The first-order valence-corrected chi connectivity index (χ1v) is 8.99. The van der Waals surface area contributed by atoms with Crippen molar-refractivity contribution in [2.24, 2.45) is 0 Å². The molecule has 1 aromatic heterocycles. The van der Waals surface area contributed by atoms with Crippen molar-refractivity contribution in [2.75, 3.05) is 13.4 Å². The molecule has 7 nitrogen and oxygen atoms in total. The van der Waals surface area contributed by atoms with Crippen molar-refractivity contribution < 1.29 is 28.9 Å². The summed E-state index contributed by atoms with van der Waals surface area (Å²) in [6.07, 6.45) is 2.26. The van der Waals surface area contributed by atoms with Gasteiger partial charge in [-0.05, 0) is 30.2 Å². The Morgan fingerprint density at radius 2 is 1.96 bits per heavy atom. The summed E-state index contributed by atoms with van der Waals surface area (Å²) in [5.74, 6) is -0.434. The Labute approximate surface area is 161 Å². The Bertz CT molecular complexity index is 1050. The van der Waals surface area contributed by atoms with Gasteiger partial charge in [-0.3, -0.25) is 0 Å². The second kappa shape index (κ2) is 7.26. The highest BCUT2D eigenvalue weighted by Gasteiger charge is 2.28. The van der Waals surface area contributed by atoms with E-state index in [0.717, 1.165) is 0 Å². The van der Waals surface area contributed by atoms with Gasteiger partial charge in [0.2, 0.25) is 6.79 Å². The van der Waals surface area contributed by atoms with E-state index in [1.165, 1.54) is 0 Å². The van der Waals surface area contributed by atoms with E-state index in [0.29, 0.717) is 46.6 Å². The number of ether oxygens (including phenoxy) is 3. The topological polar surface area (TPSA) is 87.0 Å². The lowest BCUT2D eigenvalue weighted by atomic mass is 10.1. The van der Waals surface area contributed by atoms with Crippen molar-refractivity contribution >= 4 is 22.8 Å². The molecule has 144 valence electrons. The lowest BCUT2D eigenvalue weighted by Crippen LogP contribution is -2.19. The fourth-order valence-electron chi connectivity index (χ4n) is 3.36. The molecule has 1 aliphatic heterocycles. The van der Waals surface area contributed by atoms with E-state index in [4.69, 9.17) is 14.2 Å². The van der Waals surface area contributed by atoms with Crippen molar-refractivity contribution in [2.45, 2.75) is 19.4 Å². The minimum Gasteiger partial charge on any atom is -0.479 e. The van der Waals surface area contributed by atoms with E-state index in [1.54, 1.807) is 53.2 Å². The Balaban J connectivity index is 1.83. The molecule has 7 heteroatoms. The van der Waals surface area contributed by atoms with Crippen LogP contribution in [0.1, 0.15) is 35.3 Å². The molecule has 28 heavy (non-hydrogen) atoms. The lowest BCUT2D eigenvalue weighted by Gasteiger charge is -2.16. The average molecular weight is 381 g/mol. The van der Waals surface area contributed by atoms with E-state index in [2.05, 4.69) is 0 Å². The van der Waals surface area contributed by atoms with Gasteiger partial charge in [0, 0.05) is 17.1 Å². The summed E-state index contributed by atoms with van der Waals surface area (Å²) in [6, 6.07) is 11.2. The number of hydrogen-bond donors (Lipinski definition) is 1. The average Bonchev–Trinajstić information content (AvgIpc) is 3.31. The van der Waals surface area contributed by atoms with Crippen molar-refractivity contribution in [3.63, 3.8) is 0 Å². The number of rotatable bonds is 6. The molecule has 0 saturated heterocycles.